The van der Waals surface area contributed by atoms with Crippen LogP contribution in [0.3, 0.4) is 0 Å². The van der Waals surface area contributed by atoms with Gasteiger partial charge in [0.25, 0.3) is 5.56 Å². The number of hydrogen-bond donors (Lipinski definition) is 1. The average molecular weight is 266 g/mol. The average Bonchev–Trinajstić information content (AvgIpc) is 2.62. The molecule has 102 valence electrons. The predicted octanol–water partition coefficient (Wildman–Crippen LogP) is -0.440. The highest BCUT2D eigenvalue weighted by atomic mass is 16.6. The molecular formula is C12H14N2O5. The van der Waals surface area contributed by atoms with Crippen molar-refractivity contribution < 1.29 is 14.3 Å². The van der Waals surface area contributed by atoms with E-state index in [0.29, 0.717) is 18.5 Å². The first kappa shape index (κ1) is 12.2. The quantitative estimate of drug-likeness (QED) is 0.733. The lowest BCUT2D eigenvalue weighted by molar-refractivity contribution is -0.146. The molecule has 1 aromatic heterocycles. The number of fused-ring (bicyclic) bond motifs is 4. The van der Waals surface area contributed by atoms with Crippen LogP contribution in [0.1, 0.15) is 25.3 Å². The van der Waals surface area contributed by atoms with E-state index in [0.717, 1.165) is 0 Å². The van der Waals surface area contributed by atoms with E-state index in [9.17, 15) is 14.4 Å². The van der Waals surface area contributed by atoms with Crippen molar-refractivity contribution in [3.05, 3.63) is 32.6 Å². The first-order valence-corrected chi connectivity index (χ1v) is 6.18. The third-order valence-corrected chi connectivity index (χ3v) is 3.63. The van der Waals surface area contributed by atoms with Crippen LogP contribution in [0.15, 0.2) is 15.7 Å². The van der Waals surface area contributed by atoms with E-state index < -0.39 is 11.2 Å². The van der Waals surface area contributed by atoms with E-state index in [4.69, 9.17) is 9.47 Å². The van der Waals surface area contributed by atoms with Gasteiger partial charge in [0.2, 0.25) is 0 Å². The number of esters is 1. The lowest BCUT2D eigenvalue weighted by atomic mass is 9.92. The number of aromatic nitrogens is 2. The molecule has 3 atom stereocenters. The lowest BCUT2D eigenvalue weighted by Gasteiger charge is -2.22. The van der Waals surface area contributed by atoms with E-state index in [1.54, 1.807) is 0 Å². The number of aromatic amines is 1. The van der Waals surface area contributed by atoms with Crippen LogP contribution in [0.2, 0.25) is 0 Å². The molecule has 19 heavy (non-hydrogen) atoms. The maximum Gasteiger partial charge on any atom is 0.330 e. The van der Waals surface area contributed by atoms with Crippen molar-refractivity contribution in [3.8, 4) is 0 Å². The van der Waals surface area contributed by atoms with Crippen LogP contribution in [0, 0.1) is 5.92 Å². The van der Waals surface area contributed by atoms with E-state index in [1.165, 1.54) is 17.6 Å². The van der Waals surface area contributed by atoms with Gasteiger partial charge in [0.1, 0.15) is 12.8 Å². The molecule has 1 fully saturated rings. The number of H-pyrrole nitrogens is 1. The van der Waals surface area contributed by atoms with Gasteiger partial charge in [0.05, 0.1) is 6.10 Å². The molecule has 7 heteroatoms. The molecule has 0 radical (unpaired) electrons. The summed E-state index contributed by atoms with van der Waals surface area (Å²) in [5, 5.41) is 0. The zero-order valence-corrected chi connectivity index (χ0v) is 10.4. The number of hydrogen-bond acceptors (Lipinski definition) is 5. The molecule has 1 N–H and O–H groups in total. The Labute approximate surface area is 108 Å². The van der Waals surface area contributed by atoms with Gasteiger partial charge in [-0.3, -0.25) is 19.1 Å². The Hall–Kier alpha value is -1.89. The second kappa shape index (κ2) is 4.34. The minimum absolute atomic E-state index is 0.172. The maximum atomic E-state index is 11.8. The summed E-state index contributed by atoms with van der Waals surface area (Å²) in [7, 11) is 0. The number of nitrogens with zero attached hydrogens (tertiary/aromatic N) is 1. The molecule has 0 amide bonds. The van der Waals surface area contributed by atoms with Crippen molar-refractivity contribution >= 4 is 5.97 Å². The highest BCUT2D eigenvalue weighted by Gasteiger charge is 2.42. The van der Waals surface area contributed by atoms with Gasteiger partial charge in [-0.15, -0.1) is 0 Å². The Bertz CT molecular complexity index is 632. The Balaban J connectivity index is 1.87. The summed E-state index contributed by atoms with van der Waals surface area (Å²) in [4.78, 5) is 36.2. The van der Waals surface area contributed by atoms with Gasteiger partial charge in [-0.25, -0.2) is 4.79 Å². The molecule has 0 spiro atoms. The maximum absolute atomic E-state index is 11.8. The Morgan fingerprint density at radius 3 is 3.11 bits per heavy atom. The first-order chi connectivity index (χ1) is 9.04. The summed E-state index contributed by atoms with van der Waals surface area (Å²) in [5.74, 6) is -0.180. The SMILES string of the molecule is CC(=O)OC[C@H]1O[C@@H]2C[C@@H]1Cc1cc(=O)[nH]c(=O)n12. The molecule has 2 aliphatic heterocycles. The van der Waals surface area contributed by atoms with Gasteiger partial charge in [-0.2, -0.15) is 0 Å². The number of rotatable bonds is 2. The Kier molecular flexibility index (Phi) is 2.78. The van der Waals surface area contributed by atoms with Gasteiger partial charge in [-0.05, 0) is 18.8 Å². The highest BCUT2D eigenvalue weighted by Crippen LogP contribution is 2.39. The third kappa shape index (κ3) is 2.10. The van der Waals surface area contributed by atoms with Crippen LogP contribution in [-0.4, -0.2) is 28.2 Å². The van der Waals surface area contributed by atoms with E-state index in [2.05, 4.69) is 4.98 Å². The molecule has 1 aromatic rings. The van der Waals surface area contributed by atoms with Crippen molar-refractivity contribution in [2.24, 2.45) is 5.92 Å². The summed E-state index contributed by atoms with van der Waals surface area (Å²) >= 11 is 0. The van der Waals surface area contributed by atoms with Gasteiger partial charge < -0.3 is 9.47 Å². The lowest BCUT2D eigenvalue weighted by Crippen LogP contribution is -2.36. The largest absolute Gasteiger partial charge is 0.463 e. The highest BCUT2D eigenvalue weighted by molar-refractivity contribution is 5.65. The second-order valence-electron chi connectivity index (χ2n) is 4.93. The van der Waals surface area contributed by atoms with Crippen LogP contribution in [0.4, 0.5) is 0 Å². The fourth-order valence-electron chi connectivity index (χ4n) is 2.83. The zero-order valence-electron chi connectivity index (χ0n) is 10.4. The summed E-state index contributed by atoms with van der Waals surface area (Å²) in [5.41, 5.74) is -0.159. The minimum Gasteiger partial charge on any atom is -0.463 e. The molecule has 0 saturated carbocycles. The Morgan fingerprint density at radius 1 is 1.58 bits per heavy atom. The molecule has 0 unspecified atom stereocenters. The minimum atomic E-state index is -0.445. The molecule has 3 rings (SSSR count). The van der Waals surface area contributed by atoms with Gasteiger partial charge >= 0.3 is 11.7 Å². The van der Waals surface area contributed by atoms with Crippen LogP contribution >= 0.6 is 0 Å². The fraction of sp³-hybridized carbons (Fsp3) is 0.583. The van der Waals surface area contributed by atoms with E-state index in [-0.39, 0.29) is 30.8 Å². The molecule has 1 saturated heterocycles. The van der Waals surface area contributed by atoms with Crippen LogP contribution in [-0.2, 0) is 20.7 Å². The topological polar surface area (TPSA) is 90.4 Å². The number of carbonyl (C=O) groups excluding carboxylic acids is 1. The summed E-state index contributed by atoms with van der Waals surface area (Å²) < 4.78 is 12.2. The predicted molar refractivity (Wildman–Crippen MR) is 63.7 cm³/mol. The molecule has 2 bridgehead atoms. The standard InChI is InChI=1S/C12H14N2O5/c1-6(15)18-5-9-7-2-8-4-10(16)13-12(17)14(8)11(3-7)19-9/h4,7,9,11H,2-3,5H2,1H3,(H,13,16,17)/t7-,9+,11+/m0/s1. The van der Waals surface area contributed by atoms with E-state index >= 15 is 0 Å². The molecule has 3 heterocycles. The summed E-state index contributed by atoms with van der Waals surface area (Å²) in [6.45, 7) is 1.53. The van der Waals surface area contributed by atoms with Crippen molar-refractivity contribution in [2.45, 2.75) is 32.1 Å². The normalized spacial score (nSPS) is 27.9. The molecule has 0 aliphatic carbocycles. The summed E-state index contributed by atoms with van der Waals surface area (Å²) in [6, 6.07) is 1.43. The van der Waals surface area contributed by atoms with Gasteiger partial charge in [0.15, 0.2) is 0 Å². The molecule has 2 aliphatic rings. The molecular weight excluding hydrogens is 252 g/mol. The zero-order chi connectivity index (χ0) is 13.6. The van der Waals surface area contributed by atoms with E-state index in [1.807, 2.05) is 0 Å². The van der Waals surface area contributed by atoms with Gasteiger partial charge in [0, 0.05) is 18.7 Å². The molecule has 0 aromatic carbocycles. The number of ether oxygens (including phenoxy) is 2. The van der Waals surface area contributed by atoms with Crippen LogP contribution in [0.25, 0.3) is 0 Å². The summed E-state index contributed by atoms with van der Waals surface area (Å²) in [6.07, 6.45) is 0.689. The third-order valence-electron chi connectivity index (χ3n) is 3.63. The number of nitrogens with one attached hydrogen (secondary N) is 1. The Morgan fingerprint density at radius 2 is 2.37 bits per heavy atom. The molecule has 7 nitrogen and oxygen atoms in total. The second-order valence-corrected chi connectivity index (χ2v) is 4.93. The smallest absolute Gasteiger partial charge is 0.330 e. The van der Waals surface area contributed by atoms with Crippen molar-refractivity contribution in [1.82, 2.24) is 9.55 Å². The van der Waals surface area contributed by atoms with Crippen LogP contribution < -0.4 is 11.2 Å². The number of carbonyl (C=O) groups is 1. The first-order valence-electron chi connectivity index (χ1n) is 6.18. The van der Waals surface area contributed by atoms with Gasteiger partial charge in [-0.1, -0.05) is 0 Å². The van der Waals surface area contributed by atoms with Crippen molar-refractivity contribution in [2.75, 3.05) is 6.61 Å². The van der Waals surface area contributed by atoms with Crippen LogP contribution in [0.5, 0.6) is 0 Å². The monoisotopic (exact) mass is 266 g/mol. The van der Waals surface area contributed by atoms with Crippen molar-refractivity contribution in [1.29, 1.82) is 0 Å². The van der Waals surface area contributed by atoms with Crippen molar-refractivity contribution in [3.63, 3.8) is 0 Å². The fourth-order valence-corrected chi connectivity index (χ4v) is 2.83.